The molecule has 0 radical (unpaired) electrons. The van der Waals surface area contributed by atoms with Crippen molar-refractivity contribution in [2.24, 2.45) is 28.9 Å². The summed E-state index contributed by atoms with van der Waals surface area (Å²) >= 11 is 0. The number of rotatable bonds is 4. The average molecular weight is 296 g/mol. The SMILES string of the molecule is CCC1CCCC(CN)(C2(O)CCCC(C(C)C)CC2)C1. The van der Waals surface area contributed by atoms with Gasteiger partial charge in [-0.15, -0.1) is 0 Å². The van der Waals surface area contributed by atoms with Gasteiger partial charge in [0.2, 0.25) is 0 Å². The molecule has 3 N–H and O–H groups in total. The molecule has 0 bridgehead atoms. The zero-order valence-electron chi connectivity index (χ0n) is 14.5. The minimum Gasteiger partial charge on any atom is -0.389 e. The maximum absolute atomic E-state index is 11.6. The lowest BCUT2D eigenvalue weighted by atomic mass is 9.58. The third-order valence-corrected chi connectivity index (χ3v) is 6.94. The van der Waals surface area contributed by atoms with E-state index < -0.39 is 5.60 Å². The molecular weight excluding hydrogens is 258 g/mol. The second-order valence-corrected chi connectivity index (χ2v) is 8.32. The molecule has 4 atom stereocenters. The predicted molar refractivity (Wildman–Crippen MR) is 90.1 cm³/mol. The van der Waals surface area contributed by atoms with Crippen molar-refractivity contribution in [3.63, 3.8) is 0 Å². The van der Waals surface area contributed by atoms with Crippen molar-refractivity contribution in [2.75, 3.05) is 6.54 Å². The van der Waals surface area contributed by atoms with Crippen LogP contribution < -0.4 is 5.73 Å². The van der Waals surface area contributed by atoms with Crippen molar-refractivity contribution in [3.05, 3.63) is 0 Å². The molecule has 4 unspecified atom stereocenters. The third kappa shape index (κ3) is 3.47. The topological polar surface area (TPSA) is 46.2 Å². The highest BCUT2D eigenvalue weighted by atomic mass is 16.3. The Hall–Kier alpha value is -0.0800. The van der Waals surface area contributed by atoms with E-state index in [0.29, 0.717) is 6.54 Å². The molecule has 2 aliphatic rings. The van der Waals surface area contributed by atoms with Gasteiger partial charge in [-0.3, -0.25) is 0 Å². The minimum absolute atomic E-state index is 0.00219. The summed E-state index contributed by atoms with van der Waals surface area (Å²) in [5, 5.41) is 11.6. The van der Waals surface area contributed by atoms with Gasteiger partial charge < -0.3 is 10.8 Å². The van der Waals surface area contributed by atoms with Crippen molar-refractivity contribution < 1.29 is 5.11 Å². The maximum atomic E-state index is 11.6. The zero-order valence-corrected chi connectivity index (χ0v) is 14.5. The Bertz CT molecular complexity index is 330. The summed E-state index contributed by atoms with van der Waals surface area (Å²) in [6.45, 7) is 7.64. The monoisotopic (exact) mass is 295 g/mol. The smallest absolute Gasteiger partial charge is 0.0716 e. The van der Waals surface area contributed by atoms with Crippen LogP contribution in [0.3, 0.4) is 0 Å². The van der Waals surface area contributed by atoms with Crippen molar-refractivity contribution in [1.82, 2.24) is 0 Å². The van der Waals surface area contributed by atoms with Crippen LogP contribution in [0.15, 0.2) is 0 Å². The summed E-state index contributed by atoms with van der Waals surface area (Å²) in [7, 11) is 0. The van der Waals surface area contributed by atoms with Crippen LogP contribution in [-0.2, 0) is 0 Å². The summed E-state index contributed by atoms with van der Waals surface area (Å²) < 4.78 is 0. The van der Waals surface area contributed by atoms with E-state index >= 15 is 0 Å². The molecule has 2 nitrogen and oxygen atoms in total. The van der Waals surface area contributed by atoms with Gasteiger partial charge >= 0.3 is 0 Å². The third-order valence-electron chi connectivity index (χ3n) is 6.94. The highest BCUT2D eigenvalue weighted by Gasteiger charge is 2.51. The van der Waals surface area contributed by atoms with Crippen LogP contribution in [0.25, 0.3) is 0 Å². The molecule has 0 saturated heterocycles. The van der Waals surface area contributed by atoms with Crippen molar-refractivity contribution in [2.45, 2.75) is 90.6 Å². The van der Waals surface area contributed by atoms with Gasteiger partial charge in [0, 0.05) is 12.0 Å². The highest BCUT2D eigenvalue weighted by molar-refractivity contribution is 5.03. The Kier molecular flexibility index (Phi) is 5.76. The lowest BCUT2D eigenvalue weighted by Gasteiger charge is -2.51. The van der Waals surface area contributed by atoms with E-state index in [4.69, 9.17) is 5.73 Å². The molecule has 2 saturated carbocycles. The van der Waals surface area contributed by atoms with Crippen molar-refractivity contribution >= 4 is 0 Å². The predicted octanol–water partition coefficient (Wildman–Crippen LogP) is 4.50. The first-order chi connectivity index (χ1) is 9.96. The lowest BCUT2D eigenvalue weighted by molar-refractivity contribution is -0.119. The van der Waals surface area contributed by atoms with Gasteiger partial charge in [-0.25, -0.2) is 0 Å². The second-order valence-electron chi connectivity index (χ2n) is 8.32. The summed E-state index contributed by atoms with van der Waals surface area (Å²) in [4.78, 5) is 0. The minimum atomic E-state index is -0.501. The van der Waals surface area contributed by atoms with Gasteiger partial charge in [-0.2, -0.15) is 0 Å². The molecule has 21 heavy (non-hydrogen) atoms. The molecule has 124 valence electrons. The van der Waals surface area contributed by atoms with Crippen LogP contribution in [0.1, 0.15) is 85.0 Å². The van der Waals surface area contributed by atoms with Gasteiger partial charge in [0.05, 0.1) is 5.60 Å². The summed E-state index contributed by atoms with van der Waals surface area (Å²) in [6.07, 6.45) is 11.7. The normalized spacial score (nSPS) is 42.0. The first-order valence-electron chi connectivity index (χ1n) is 9.39. The molecule has 0 aromatic carbocycles. The van der Waals surface area contributed by atoms with E-state index in [0.717, 1.165) is 43.4 Å². The standard InChI is InChI=1S/C19H37NO/c1-4-16-7-5-10-18(13-16,14-20)19(21)11-6-8-17(9-12-19)15(2)3/h15-17,21H,4-14,20H2,1-3H3. The maximum Gasteiger partial charge on any atom is 0.0716 e. The molecule has 2 fully saturated rings. The zero-order chi connectivity index (χ0) is 15.5. The molecule has 0 aliphatic heterocycles. The Morgan fingerprint density at radius 3 is 2.43 bits per heavy atom. The van der Waals surface area contributed by atoms with Crippen LogP contribution in [0.5, 0.6) is 0 Å². The molecule has 0 amide bonds. The molecular formula is C19H37NO. The first-order valence-corrected chi connectivity index (χ1v) is 9.39. The van der Waals surface area contributed by atoms with E-state index in [9.17, 15) is 5.11 Å². The molecule has 0 aromatic rings. The fourth-order valence-corrected chi connectivity index (χ4v) is 5.18. The number of aliphatic hydroxyl groups is 1. The van der Waals surface area contributed by atoms with E-state index in [-0.39, 0.29) is 5.41 Å². The van der Waals surface area contributed by atoms with Gasteiger partial charge in [0.1, 0.15) is 0 Å². The Morgan fingerprint density at radius 1 is 1.10 bits per heavy atom. The number of nitrogens with two attached hydrogens (primary N) is 1. The molecule has 0 spiro atoms. The van der Waals surface area contributed by atoms with Gasteiger partial charge in [-0.05, 0) is 49.9 Å². The molecule has 2 heteroatoms. The lowest BCUT2D eigenvalue weighted by Crippen LogP contribution is -2.54. The largest absolute Gasteiger partial charge is 0.389 e. The number of hydrogen-bond acceptors (Lipinski definition) is 2. The fourth-order valence-electron chi connectivity index (χ4n) is 5.18. The van der Waals surface area contributed by atoms with E-state index in [2.05, 4.69) is 20.8 Å². The second kappa shape index (κ2) is 7.00. The molecule has 2 rings (SSSR count). The highest BCUT2D eigenvalue weighted by Crippen LogP contribution is 2.52. The summed E-state index contributed by atoms with van der Waals surface area (Å²) in [5.41, 5.74) is 5.75. The summed E-state index contributed by atoms with van der Waals surface area (Å²) in [5.74, 6) is 2.31. The van der Waals surface area contributed by atoms with E-state index in [1.807, 2.05) is 0 Å². The molecule has 2 aliphatic carbocycles. The summed E-state index contributed by atoms with van der Waals surface area (Å²) in [6, 6.07) is 0. The average Bonchev–Trinajstić information content (AvgIpc) is 2.70. The van der Waals surface area contributed by atoms with Crippen LogP contribution in [0.2, 0.25) is 0 Å². The van der Waals surface area contributed by atoms with Crippen molar-refractivity contribution in [3.8, 4) is 0 Å². The molecule has 0 aromatic heterocycles. The fraction of sp³-hybridized carbons (Fsp3) is 1.00. The van der Waals surface area contributed by atoms with Crippen LogP contribution in [-0.4, -0.2) is 17.3 Å². The van der Waals surface area contributed by atoms with Crippen LogP contribution >= 0.6 is 0 Å². The van der Waals surface area contributed by atoms with Crippen LogP contribution in [0, 0.1) is 23.2 Å². The van der Waals surface area contributed by atoms with Gasteiger partial charge in [0.15, 0.2) is 0 Å². The van der Waals surface area contributed by atoms with E-state index in [1.54, 1.807) is 0 Å². The quantitative estimate of drug-likeness (QED) is 0.750. The van der Waals surface area contributed by atoms with Crippen molar-refractivity contribution in [1.29, 1.82) is 0 Å². The van der Waals surface area contributed by atoms with Gasteiger partial charge in [0.25, 0.3) is 0 Å². The van der Waals surface area contributed by atoms with Gasteiger partial charge in [-0.1, -0.05) is 52.9 Å². The Balaban J connectivity index is 2.15. The van der Waals surface area contributed by atoms with E-state index in [1.165, 1.54) is 38.5 Å². The Labute approximate surface area is 131 Å². The van der Waals surface area contributed by atoms with Crippen LogP contribution in [0.4, 0.5) is 0 Å². The Morgan fingerprint density at radius 2 is 1.81 bits per heavy atom. The number of hydrogen-bond donors (Lipinski definition) is 2. The first kappa shape index (κ1) is 17.3. The molecule has 0 heterocycles.